The minimum Gasteiger partial charge on any atom is -0.378 e. The maximum atomic E-state index is 14.4. The summed E-state index contributed by atoms with van der Waals surface area (Å²) >= 11 is 14.6. The summed E-state index contributed by atoms with van der Waals surface area (Å²) < 4.78 is 21.1. The van der Waals surface area contributed by atoms with Crippen molar-refractivity contribution in [1.82, 2.24) is 10.1 Å². The standard InChI is InChI=1S/C28H27Cl2FN4OS/c1-15-11-20(31)23-21(12-15)37-27(33-23)35-9-7-28(8-10-35)13-17(14-28)32-25-24(34-36-26(25)16-5-6-16)22-18(29)3-2-4-19(22)30/h2-4,11-12,16-17,32H,5-10,13-14H2,1H3. The van der Waals surface area contributed by atoms with E-state index in [4.69, 9.17) is 27.7 Å². The van der Waals surface area contributed by atoms with Crippen LogP contribution in [0, 0.1) is 18.2 Å². The van der Waals surface area contributed by atoms with Gasteiger partial charge in [-0.3, -0.25) is 0 Å². The third-order valence-electron chi connectivity index (χ3n) is 8.25. The first kappa shape index (κ1) is 23.7. The number of aromatic nitrogens is 2. The van der Waals surface area contributed by atoms with Crippen molar-refractivity contribution in [3.05, 3.63) is 57.5 Å². The SMILES string of the molecule is Cc1cc(F)c2nc(N3CCC4(CC3)CC(Nc3c(-c5c(Cl)cccc5Cl)noc3C3CC3)C4)sc2c1. The number of thiazole rings is 1. The largest absolute Gasteiger partial charge is 0.378 e. The lowest BCUT2D eigenvalue weighted by molar-refractivity contribution is 0.0800. The number of hydrogen-bond acceptors (Lipinski definition) is 6. The molecule has 4 aromatic rings. The van der Waals surface area contributed by atoms with Crippen LogP contribution in [-0.2, 0) is 0 Å². The number of hydrogen-bond donors (Lipinski definition) is 1. The molecule has 1 spiro atoms. The molecule has 1 saturated heterocycles. The van der Waals surface area contributed by atoms with Gasteiger partial charge in [-0.05, 0) is 80.7 Å². The van der Waals surface area contributed by atoms with Gasteiger partial charge in [0.15, 0.2) is 16.7 Å². The van der Waals surface area contributed by atoms with Gasteiger partial charge in [-0.1, -0.05) is 45.8 Å². The monoisotopic (exact) mass is 556 g/mol. The number of piperidine rings is 1. The maximum absolute atomic E-state index is 14.4. The lowest BCUT2D eigenvalue weighted by Crippen LogP contribution is -2.51. The van der Waals surface area contributed by atoms with Crippen molar-refractivity contribution in [2.45, 2.75) is 57.4 Å². The summed E-state index contributed by atoms with van der Waals surface area (Å²) in [5.74, 6) is 1.13. The van der Waals surface area contributed by atoms with Gasteiger partial charge in [-0.25, -0.2) is 9.37 Å². The molecule has 9 heteroatoms. The number of anilines is 2. The summed E-state index contributed by atoms with van der Waals surface area (Å²) in [4.78, 5) is 6.96. The van der Waals surface area contributed by atoms with E-state index in [1.165, 1.54) is 0 Å². The number of benzene rings is 2. The molecule has 2 aliphatic carbocycles. The summed E-state index contributed by atoms with van der Waals surface area (Å²) in [5.41, 5.74) is 4.17. The molecule has 2 saturated carbocycles. The fourth-order valence-electron chi connectivity index (χ4n) is 6.07. The Morgan fingerprint density at radius 2 is 1.86 bits per heavy atom. The lowest BCUT2D eigenvalue weighted by Gasteiger charge is -2.52. The molecule has 0 unspecified atom stereocenters. The van der Waals surface area contributed by atoms with Crippen LogP contribution in [0.3, 0.4) is 0 Å². The van der Waals surface area contributed by atoms with E-state index in [9.17, 15) is 4.39 Å². The Balaban J connectivity index is 1.05. The van der Waals surface area contributed by atoms with Gasteiger partial charge in [0, 0.05) is 30.6 Å². The Bertz CT molecular complexity index is 1480. The van der Waals surface area contributed by atoms with E-state index in [0.717, 1.165) is 84.0 Å². The van der Waals surface area contributed by atoms with Crippen molar-refractivity contribution >= 4 is 55.6 Å². The molecule has 3 heterocycles. The molecule has 2 aromatic carbocycles. The minimum absolute atomic E-state index is 0.226. The molecule has 3 fully saturated rings. The first-order valence-electron chi connectivity index (χ1n) is 12.9. The van der Waals surface area contributed by atoms with Gasteiger partial charge >= 0.3 is 0 Å². The molecule has 3 aliphatic rings. The summed E-state index contributed by atoms with van der Waals surface area (Å²) in [5, 5.41) is 10.3. The van der Waals surface area contributed by atoms with Crippen LogP contribution < -0.4 is 10.2 Å². The van der Waals surface area contributed by atoms with Gasteiger partial charge in [-0.15, -0.1) is 0 Å². The van der Waals surface area contributed by atoms with Crippen LogP contribution in [-0.4, -0.2) is 29.3 Å². The van der Waals surface area contributed by atoms with E-state index in [1.54, 1.807) is 17.4 Å². The minimum atomic E-state index is -0.226. The highest BCUT2D eigenvalue weighted by molar-refractivity contribution is 7.22. The third kappa shape index (κ3) is 4.19. The summed E-state index contributed by atoms with van der Waals surface area (Å²) in [6, 6.07) is 9.47. The molecule has 0 bridgehead atoms. The molecule has 1 aliphatic heterocycles. The zero-order chi connectivity index (χ0) is 25.3. The van der Waals surface area contributed by atoms with Crippen LogP contribution in [0.4, 0.5) is 15.2 Å². The van der Waals surface area contributed by atoms with Crippen LogP contribution in [0.15, 0.2) is 34.9 Å². The van der Waals surface area contributed by atoms with Crippen LogP contribution in [0.1, 0.15) is 55.8 Å². The quantitative estimate of drug-likeness (QED) is 0.267. The molecule has 192 valence electrons. The normalized spacial score (nSPS) is 19.5. The predicted octanol–water partition coefficient (Wildman–Crippen LogP) is 8.44. The molecule has 1 N–H and O–H groups in total. The fraction of sp³-hybridized carbons (Fsp3) is 0.429. The Morgan fingerprint density at radius 1 is 1.14 bits per heavy atom. The Labute approximate surface area is 228 Å². The number of halogens is 3. The number of nitrogens with zero attached hydrogens (tertiary/aromatic N) is 3. The number of fused-ring (bicyclic) bond motifs is 1. The van der Waals surface area contributed by atoms with Gasteiger partial charge in [0.25, 0.3) is 0 Å². The van der Waals surface area contributed by atoms with Gasteiger partial charge in [-0.2, -0.15) is 0 Å². The average molecular weight is 558 g/mol. The van der Waals surface area contributed by atoms with Crippen molar-refractivity contribution < 1.29 is 8.91 Å². The van der Waals surface area contributed by atoms with E-state index >= 15 is 0 Å². The van der Waals surface area contributed by atoms with Crippen molar-refractivity contribution in [2.24, 2.45) is 5.41 Å². The van der Waals surface area contributed by atoms with Crippen molar-refractivity contribution in [3.8, 4) is 11.3 Å². The van der Waals surface area contributed by atoms with Gasteiger partial charge in [0.2, 0.25) is 0 Å². The second-order valence-electron chi connectivity index (χ2n) is 11.0. The van der Waals surface area contributed by atoms with E-state index < -0.39 is 0 Å². The Morgan fingerprint density at radius 3 is 2.57 bits per heavy atom. The summed E-state index contributed by atoms with van der Waals surface area (Å²) in [6.45, 7) is 3.83. The first-order chi connectivity index (χ1) is 17.9. The second kappa shape index (κ2) is 8.85. The summed E-state index contributed by atoms with van der Waals surface area (Å²) in [6.07, 6.45) is 6.70. The predicted molar refractivity (Wildman–Crippen MR) is 149 cm³/mol. The summed E-state index contributed by atoms with van der Waals surface area (Å²) in [7, 11) is 0. The number of aryl methyl sites for hydroxylation is 1. The molecule has 0 radical (unpaired) electrons. The van der Waals surface area contributed by atoms with Crippen molar-refractivity contribution in [2.75, 3.05) is 23.3 Å². The van der Waals surface area contributed by atoms with Gasteiger partial charge in [0.05, 0.1) is 14.7 Å². The molecule has 0 amide bonds. The zero-order valence-electron chi connectivity index (χ0n) is 20.5. The maximum Gasteiger partial charge on any atom is 0.186 e. The van der Waals surface area contributed by atoms with E-state index in [2.05, 4.69) is 20.4 Å². The first-order valence-corrected chi connectivity index (χ1v) is 14.5. The molecular formula is C28H27Cl2FN4OS. The smallest absolute Gasteiger partial charge is 0.186 e. The molecule has 37 heavy (non-hydrogen) atoms. The molecule has 0 atom stereocenters. The lowest BCUT2D eigenvalue weighted by atomic mass is 9.60. The number of rotatable bonds is 5. The third-order valence-corrected chi connectivity index (χ3v) is 9.94. The highest BCUT2D eigenvalue weighted by atomic mass is 35.5. The number of nitrogens with one attached hydrogen (secondary N) is 1. The van der Waals surface area contributed by atoms with Crippen molar-refractivity contribution in [1.29, 1.82) is 0 Å². The molecule has 7 rings (SSSR count). The van der Waals surface area contributed by atoms with E-state index in [1.807, 2.05) is 31.2 Å². The van der Waals surface area contributed by atoms with Crippen LogP contribution in [0.5, 0.6) is 0 Å². The van der Waals surface area contributed by atoms with Crippen LogP contribution >= 0.6 is 34.5 Å². The van der Waals surface area contributed by atoms with Gasteiger partial charge < -0.3 is 14.7 Å². The van der Waals surface area contributed by atoms with Crippen molar-refractivity contribution in [3.63, 3.8) is 0 Å². The molecular weight excluding hydrogens is 530 g/mol. The fourth-order valence-corrected chi connectivity index (χ4v) is 7.78. The topological polar surface area (TPSA) is 54.2 Å². The Kier molecular flexibility index (Phi) is 5.68. The Hall–Kier alpha value is -2.35. The highest BCUT2D eigenvalue weighted by Crippen LogP contribution is 2.53. The zero-order valence-corrected chi connectivity index (χ0v) is 22.8. The molecule has 5 nitrogen and oxygen atoms in total. The van der Waals surface area contributed by atoms with E-state index in [-0.39, 0.29) is 5.82 Å². The van der Waals surface area contributed by atoms with Gasteiger partial charge in [0.1, 0.15) is 16.9 Å². The highest BCUT2D eigenvalue weighted by Gasteiger charge is 2.47. The van der Waals surface area contributed by atoms with Crippen LogP contribution in [0.2, 0.25) is 10.0 Å². The van der Waals surface area contributed by atoms with Crippen LogP contribution in [0.25, 0.3) is 21.5 Å². The molecule has 2 aromatic heterocycles. The second-order valence-corrected chi connectivity index (χ2v) is 12.8. The average Bonchev–Trinajstić information content (AvgIpc) is 3.47. The van der Waals surface area contributed by atoms with E-state index in [0.29, 0.717) is 38.6 Å².